The Balaban J connectivity index is 2.39. The van der Waals surface area contributed by atoms with Crippen molar-refractivity contribution in [1.29, 1.82) is 0 Å². The number of hydrogen-bond acceptors (Lipinski definition) is 1. The Morgan fingerprint density at radius 1 is 0.941 bits per heavy atom. The number of halogens is 1. The van der Waals surface area contributed by atoms with Gasteiger partial charge in [-0.2, -0.15) is 0 Å². The molecule has 2 nitrogen and oxygen atoms in total. The van der Waals surface area contributed by atoms with Crippen molar-refractivity contribution in [2.75, 3.05) is 0 Å². The number of para-hydroxylation sites is 1. The van der Waals surface area contributed by atoms with Gasteiger partial charge in [-0.05, 0) is 18.2 Å². The van der Waals surface area contributed by atoms with Gasteiger partial charge in [0.1, 0.15) is 5.58 Å². The lowest BCUT2D eigenvalue weighted by Crippen LogP contribution is -1.69. The van der Waals surface area contributed by atoms with Crippen LogP contribution in [0.25, 0.3) is 33.0 Å². The van der Waals surface area contributed by atoms with E-state index in [1.807, 2.05) is 30.3 Å². The zero-order chi connectivity index (χ0) is 11.4. The molecule has 0 saturated heterocycles. The molecular weight excluding hydrogens is 278 g/mol. The van der Waals surface area contributed by atoms with E-state index in [4.69, 9.17) is 4.42 Å². The third-order valence-electron chi connectivity index (χ3n) is 3.11. The third-order valence-corrected chi connectivity index (χ3v) is 3.77. The Bertz CT molecular complexity index is 856. The van der Waals surface area contributed by atoms with E-state index in [-0.39, 0.29) is 0 Å². The number of hydrogen-bond donors (Lipinski definition) is 1. The van der Waals surface area contributed by atoms with Crippen molar-refractivity contribution in [3.8, 4) is 0 Å². The first-order valence-electron chi connectivity index (χ1n) is 5.42. The molecule has 2 heterocycles. The molecule has 0 atom stereocenters. The third kappa shape index (κ3) is 1.15. The van der Waals surface area contributed by atoms with Crippen LogP contribution in [0, 0.1) is 0 Å². The van der Waals surface area contributed by atoms with Crippen LogP contribution in [0.2, 0.25) is 0 Å². The van der Waals surface area contributed by atoms with Crippen molar-refractivity contribution < 1.29 is 4.42 Å². The van der Waals surface area contributed by atoms with Gasteiger partial charge in [0, 0.05) is 20.8 Å². The zero-order valence-electron chi connectivity index (χ0n) is 8.83. The Morgan fingerprint density at radius 2 is 1.82 bits per heavy atom. The molecule has 0 fully saturated rings. The first-order valence-corrected chi connectivity index (χ1v) is 6.21. The summed E-state index contributed by atoms with van der Waals surface area (Å²) in [5.41, 5.74) is 2.86. The summed E-state index contributed by atoms with van der Waals surface area (Å²) < 4.78 is 6.90. The number of furan rings is 1. The monoisotopic (exact) mass is 285 g/mol. The lowest BCUT2D eigenvalue weighted by atomic mass is 10.1. The second kappa shape index (κ2) is 3.14. The zero-order valence-corrected chi connectivity index (χ0v) is 10.4. The van der Waals surface area contributed by atoms with Gasteiger partial charge in [0.2, 0.25) is 5.71 Å². The summed E-state index contributed by atoms with van der Waals surface area (Å²) >= 11 is 3.59. The van der Waals surface area contributed by atoms with Gasteiger partial charge in [0.15, 0.2) is 0 Å². The molecule has 0 bridgehead atoms. The number of H-pyrrole nitrogens is 1. The van der Waals surface area contributed by atoms with Crippen LogP contribution >= 0.6 is 15.9 Å². The minimum Gasteiger partial charge on any atom is -0.440 e. The molecule has 17 heavy (non-hydrogen) atoms. The Kier molecular flexibility index (Phi) is 1.72. The molecule has 0 aliphatic rings. The van der Waals surface area contributed by atoms with Crippen LogP contribution in [-0.2, 0) is 0 Å². The molecule has 0 aliphatic carbocycles. The van der Waals surface area contributed by atoms with E-state index in [9.17, 15) is 0 Å². The van der Waals surface area contributed by atoms with E-state index >= 15 is 0 Å². The molecule has 0 saturated carbocycles. The van der Waals surface area contributed by atoms with Crippen LogP contribution in [0.1, 0.15) is 0 Å². The van der Waals surface area contributed by atoms with E-state index in [2.05, 4.69) is 33.0 Å². The van der Waals surface area contributed by atoms with Crippen LogP contribution < -0.4 is 0 Å². The quantitative estimate of drug-likeness (QED) is 0.493. The molecule has 0 radical (unpaired) electrons. The van der Waals surface area contributed by atoms with E-state index in [1.165, 1.54) is 5.39 Å². The van der Waals surface area contributed by atoms with Crippen molar-refractivity contribution in [3.05, 3.63) is 46.9 Å². The molecule has 0 amide bonds. The molecule has 0 spiro atoms. The first-order chi connectivity index (χ1) is 8.34. The molecule has 2 aromatic heterocycles. The fourth-order valence-corrected chi connectivity index (χ4v) is 2.93. The molecule has 3 heteroatoms. The summed E-state index contributed by atoms with van der Waals surface area (Å²) in [5, 5.41) is 3.50. The Labute approximate surface area is 105 Å². The Hall–Kier alpha value is -1.74. The van der Waals surface area contributed by atoms with Crippen molar-refractivity contribution >= 4 is 48.9 Å². The van der Waals surface area contributed by atoms with E-state index in [1.54, 1.807) is 0 Å². The van der Waals surface area contributed by atoms with E-state index < -0.39 is 0 Å². The molecule has 2 aromatic carbocycles. The highest BCUT2D eigenvalue weighted by Crippen LogP contribution is 2.38. The van der Waals surface area contributed by atoms with Crippen LogP contribution in [0.15, 0.2) is 51.4 Å². The second-order valence-corrected chi connectivity index (χ2v) is 4.94. The summed E-state index contributed by atoms with van der Waals surface area (Å²) in [6.07, 6.45) is 0. The molecule has 4 aromatic rings. The maximum atomic E-state index is 5.83. The summed E-state index contributed by atoms with van der Waals surface area (Å²) in [6, 6.07) is 14.3. The van der Waals surface area contributed by atoms with Gasteiger partial charge in [-0.25, -0.2) is 0 Å². The molecule has 0 unspecified atom stereocenters. The predicted octanol–water partition coefficient (Wildman–Crippen LogP) is 4.83. The molecule has 1 N–H and O–H groups in total. The van der Waals surface area contributed by atoms with Crippen LogP contribution in [-0.4, -0.2) is 4.98 Å². The SMILES string of the molecule is Brc1cccc2oc3[nH]c4ccccc4c3c12. The summed E-state index contributed by atoms with van der Waals surface area (Å²) in [5.74, 6) is 0. The maximum Gasteiger partial charge on any atom is 0.206 e. The van der Waals surface area contributed by atoms with Gasteiger partial charge in [0.05, 0.1) is 5.39 Å². The summed E-state index contributed by atoms with van der Waals surface area (Å²) in [6.45, 7) is 0. The Morgan fingerprint density at radius 3 is 2.76 bits per heavy atom. The standard InChI is InChI=1S/C14H8BrNO/c15-9-5-3-7-11-13(9)12-8-4-1-2-6-10(8)16-14(12)17-11/h1-7,16H. The minimum absolute atomic E-state index is 0.841. The van der Waals surface area contributed by atoms with E-state index in [0.29, 0.717) is 0 Å². The van der Waals surface area contributed by atoms with Gasteiger partial charge in [-0.15, -0.1) is 0 Å². The lowest BCUT2D eigenvalue weighted by Gasteiger charge is -1.93. The smallest absolute Gasteiger partial charge is 0.206 e. The second-order valence-electron chi connectivity index (χ2n) is 4.09. The topological polar surface area (TPSA) is 28.9 Å². The van der Waals surface area contributed by atoms with Gasteiger partial charge >= 0.3 is 0 Å². The van der Waals surface area contributed by atoms with Crippen molar-refractivity contribution in [3.63, 3.8) is 0 Å². The summed E-state index contributed by atoms with van der Waals surface area (Å²) in [4.78, 5) is 3.31. The lowest BCUT2D eigenvalue weighted by molar-refractivity contribution is 0.657. The van der Waals surface area contributed by atoms with Gasteiger partial charge in [0.25, 0.3) is 0 Å². The largest absolute Gasteiger partial charge is 0.440 e. The molecule has 82 valence electrons. The molecule has 0 aliphatic heterocycles. The highest BCUT2D eigenvalue weighted by atomic mass is 79.9. The number of rotatable bonds is 0. The first kappa shape index (κ1) is 9.31. The number of nitrogens with one attached hydrogen (secondary N) is 1. The van der Waals surface area contributed by atoms with Crippen LogP contribution in [0.5, 0.6) is 0 Å². The number of aromatic nitrogens is 1. The number of benzene rings is 2. The fourth-order valence-electron chi connectivity index (χ4n) is 2.38. The predicted molar refractivity (Wildman–Crippen MR) is 73.3 cm³/mol. The van der Waals surface area contributed by atoms with Gasteiger partial charge in [-0.3, -0.25) is 0 Å². The summed E-state index contributed by atoms with van der Waals surface area (Å²) in [7, 11) is 0. The van der Waals surface area contributed by atoms with Crippen molar-refractivity contribution in [1.82, 2.24) is 4.98 Å². The highest BCUT2D eigenvalue weighted by Gasteiger charge is 2.14. The molecule has 4 rings (SSSR count). The van der Waals surface area contributed by atoms with Gasteiger partial charge < -0.3 is 9.40 Å². The normalized spacial score (nSPS) is 11.8. The fraction of sp³-hybridized carbons (Fsp3) is 0. The molecular formula is C14H8BrNO. The van der Waals surface area contributed by atoms with Crippen LogP contribution in [0.4, 0.5) is 0 Å². The van der Waals surface area contributed by atoms with Gasteiger partial charge in [-0.1, -0.05) is 40.2 Å². The van der Waals surface area contributed by atoms with Crippen molar-refractivity contribution in [2.24, 2.45) is 0 Å². The number of fused-ring (bicyclic) bond motifs is 5. The maximum absolute atomic E-state index is 5.83. The number of aromatic amines is 1. The highest BCUT2D eigenvalue weighted by molar-refractivity contribution is 9.10. The van der Waals surface area contributed by atoms with Crippen molar-refractivity contribution in [2.45, 2.75) is 0 Å². The average molecular weight is 286 g/mol. The van der Waals surface area contributed by atoms with E-state index in [0.717, 1.165) is 32.1 Å². The average Bonchev–Trinajstić information content (AvgIpc) is 2.84. The minimum atomic E-state index is 0.841. The van der Waals surface area contributed by atoms with Crippen LogP contribution in [0.3, 0.4) is 0 Å².